The molecule has 0 unspecified atom stereocenters. The van der Waals surface area contributed by atoms with Gasteiger partial charge in [0, 0.05) is 10.7 Å². The molecule has 0 spiro atoms. The first-order valence-corrected chi connectivity index (χ1v) is 11.8. The molecule has 1 aliphatic carbocycles. The van der Waals surface area contributed by atoms with Crippen LogP contribution in [0.1, 0.15) is 43.2 Å². The van der Waals surface area contributed by atoms with Crippen LogP contribution in [0.3, 0.4) is 0 Å². The van der Waals surface area contributed by atoms with Crippen molar-refractivity contribution in [3.05, 3.63) is 58.6 Å². The highest BCUT2D eigenvalue weighted by molar-refractivity contribution is 7.92. The molecular formula is C22H26ClN3O3S. The lowest BCUT2D eigenvalue weighted by molar-refractivity contribution is -0.119. The van der Waals surface area contributed by atoms with Gasteiger partial charge >= 0.3 is 0 Å². The number of aryl methyl sites for hydroxylation is 2. The molecule has 160 valence electrons. The molecule has 1 saturated carbocycles. The number of benzene rings is 2. The SMILES string of the molecule is Cc1ccc(S(=O)(=O)N(CC(=O)NN=C2CCCCC2)c2cc(Cl)ccc2C)cc1. The van der Waals surface area contributed by atoms with Crippen LogP contribution < -0.4 is 9.73 Å². The molecule has 0 aromatic heterocycles. The number of sulfonamides is 1. The number of amides is 1. The van der Waals surface area contributed by atoms with Crippen LogP contribution in [-0.4, -0.2) is 26.6 Å². The van der Waals surface area contributed by atoms with E-state index in [-0.39, 0.29) is 4.90 Å². The van der Waals surface area contributed by atoms with E-state index in [2.05, 4.69) is 10.5 Å². The predicted molar refractivity (Wildman–Crippen MR) is 121 cm³/mol. The second-order valence-corrected chi connectivity index (χ2v) is 9.83. The van der Waals surface area contributed by atoms with Crippen molar-refractivity contribution in [2.75, 3.05) is 10.8 Å². The fourth-order valence-corrected chi connectivity index (χ4v) is 5.01. The quantitative estimate of drug-likeness (QED) is 0.658. The minimum Gasteiger partial charge on any atom is -0.271 e. The van der Waals surface area contributed by atoms with E-state index >= 15 is 0 Å². The lowest BCUT2D eigenvalue weighted by Gasteiger charge is -2.25. The van der Waals surface area contributed by atoms with Crippen LogP contribution in [0.4, 0.5) is 5.69 Å². The summed E-state index contributed by atoms with van der Waals surface area (Å²) in [7, 11) is -3.98. The summed E-state index contributed by atoms with van der Waals surface area (Å²) in [5, 5.41) is 4.60. The average Bonchev–Trinajstić information content (AvgIpc) is 2.73. The zero-order valence-electron chi connectivity index (χ0n) is 17.2. The maximum atomic E-state index is 13.4. The predicted octanol–water partition coefficient (Wildman–Crippen LogP) is 4.59. The summed E-state index contributed by atoms with van der Waals surface area (Å²) in [6.45, 7) is 3.27. The molecule has 0 saturated heterocycles. The molecule has 0 aliphatic heterocycles. The Morgan fingerprint density at radius 2 is 1.73 bits per heavy atom. The second kappa shape index (κ2) is 9.62. The molecule has 3 rings (SSSR count). The van der Waals surface area contributed by atoms with Gasteiger partial charge in [-0.25, -0.2) is 13.8 Å². The number of nitrogens with one attached hydrogen (secondary N) is 1. The molecule has 1 aliphatic rings. The van der Waals surface area contributed by atoms with Crippen LogP contribution in [0, 0.1) is 13.8 Å². The molecule has 0 radical (unpaired) electrons. The highest BCUT2D eigenvalue weighted by atomic mass is 35.5. The highest BCUT2D eigenvalue weighted by Gasteiger charge is 2.28. The van der Waals surface area contributed by atoms with Crippen LogP contribution in [0.5, 0.6) is 0 Å². The summed E-state index contributed by atoms with van der Waals surface area (Å²) in [6, 6.07) is 11.5. The van der Waals surface area contributed by atoms with Crippen LogP contribution in [0.15, 0.2) is 52.5 Å². The first-order valence-electron chi connectivity index (χ1n) is 9.97. The zero-order valence-corrected chi connectivity index (χ0v) is 18.8. The standard InChI is InChI=1S/C22H26ClN3O3S/c1-16-8-12-20(13-9-16)30(28,29)26(21-14-18(23)11-10-17(21)2)15-22(27)25-24-19-6-4-3-5-7-19/h8-14H,3-7,15H2,1-2H3,(H,25,27). The van der Waals surface area contributed by atoms with Gasteiger partial charge in [-0.2, -0.15) is 5.10 Å². The molecule has 1 amide bonds. The number of hydrazone groups is 1. The monoisotopic (exact) mass is 447 g/mol. The summed E-state index contributed by atoms with van der Waals surface area (Å²) in [5.74, 6) is -0.497. The Morgan fingerprint density at radius 3 is 2.40 bits per heavy atom. The van der Waals surface area contributed by atoms with Gasteiger partial charge in [0.25, 0.3) is 15.9 Å². The second-order valence-electron chi connectivity index (χ2n) is 7.53. The third-order valence-corrected chi connectivity index (χ3v) is 7.11. The van der Waals surface area contributed by atoms with Gasteiger partial charge in [-0.1, -0.05) is 41.8 Å². The van der Waals surface area contributed by atoms with Crippen molar-refractivity contribution >= 4 is 38.9 Å². The van der Waals surface area contributed by atoms with Crippen molar-refractivity contribution in [1.82, 2.24) is 5.43 Å². The van der Waals surface area contributed by atoms with E-state index in [4.69, 9.17) is 11.6 Å². The molecule has 1 fully saturated rings. The fraction of sp³-hybridized carbons (Fsp3) is 0.364. The Kier molecular flexibility index (Phi) is 7.15. The molecular weight excluding hydrogens is 422 g/mol. The van der Waals surface area contributed by atoms with Crippen molar-refractivity contribution in [3.63, 3.8) is 0 Å². The Labute approximate surface area is 183 Å². The van der Waals surface area contributed by atoms with E-state index in [1.807, 2.05) is 6.92 Å². The number of halogens is 1. The highest BCUT2D eigenvalue weighted by Crippen LogP contribution is 2.29. The minimum atomic E-state index is -3.98. The van der Waals surface area contributed by atoms with Crippen LogP contribution in [0.25, 0.3) is 0 Å². The molecule has 6 nitrogen and oxygen atoms in total. The summed E-state index contributed by atoms with van der Waals surface area (Å²) in [4.78, 5) is 12.8. The maximum Gasteiger partial charge on any atom is 0.264 e. The summed E-state index contributed by atoms with van der Waals surface area (Å²) in [6.07, 6.45) is 5.01. The van der Waals surface area contributed by atoms with Crippen molar-refractivity contribution in [2.45, 2.75) is 50.8 Å². The van der Waals surface area contributed by atoms with Crippen LogP contribution in [0.2, 0.25) is 5.02 Å². The molecule has 30 heavy (non-hydrogen) atoms. The Bertz CT molecular complexity index is 1040. The van der Waals surface area contributed by atoms with Gasteiger partial charge in [0.1, 0.15) is 6.54 Å². The van der Waals surface area contributed by atoms with Crippen molar-refractivity contribution in [2.24, 2.45) is 5.10 Å². The molecule has 1 N–H and O–H groups in total. The van der Waals surface area contributed by atoms with E-state index in [0.717, 1.165) is 41.3 Å². The lowest BCUT2D eigenvalue weighted by Crippen LogP contribution is -2.40. The number of anilines is 1. The Morgan fingerprint density at radius 1 is 1.07 bits per heavy atom. The lowest BCUT2D eigenvalue weighted by atomic mass is 9.99. The van der Waals surface area contributed by atoms with E-state index in [1.165, 1.54) is 18.6 Å². The Balaban J connectivity index is 1.92. The smallest absolute Gasteiger partial charge is 0.264 e. The van der Waals surface area contributed by atoms with E-state index < -0.39 is 22.5 Å². The topological polar surface area (TPSA) is 78.8 Å². The first kappa shape index (κ1) is 22.3. The zero-order chi connectivity index (χ0) is 21.7. The average molecular weight is 448 g/mol. The van der Waals surface area contributed by atoms with Gasteiger partial charge in [-0.3, -0.25) is 9.10 Å². The van der Waals surface area contributed by atoms with Gasteiger partial charge < -0.3 is 0 Å². The number of nitrogens with zero attached hydrogens (tertiary/aromatic N) is 2. The van der Waals surface area contributed by atoms with Crippen molar-refractivity contribution in [1.29, 1.82) is 0 Å². The largest absolute Gasteiger partial charge is 0.271 e. The molecule has 0 atom stereocenters. The molecule has 2 aromatic rings. The number of rotatable bonds is 6. The van der Waals surface area contributed by atoms with Crippen LogP contribution in [-0.2, 0) is 14.8 Å². The van der Waals surface area contributed by atoms with E-state index in [1.54, 1.807) is 37.3 Å². The van der Waals surface area contributed by atoms with Gasteiger partial charge in [-0.15, -0.1) is 0 Å². The maximum absolute atomic E-state index is 13.4. The number of hydrogen-bond acceptors (Lipinski definition) is 4. The molecule has 2 aromatic carbocycles. The third-order valence-electron chi connectivity index (χ3n) is 5.11. The normalized spacial score (nSPS) is 14.3. The number of carbonyl (C=O) groups excluding carboxylic acids is 1. The van der Waals surface area contributed by atoms with Gasteiger partial charge in [-0.05, 0) is 69.4 Å². The minimum absolute atomic E-state index is 0.110. The van der Waals surface area contributed by atoms with E-state index in [0.29, 0.717) is 16.3 Å². The van der Waals surface area contributed by atoms with Crippen molar-refractivity contribution in [3.8, 4) is 0 Å². The van der Waals surface area contributed by atoms with Crippen LogP contribution >= 0.6 is 11.6 Å². The fourth-order valence-electron chi connectivity index (χ4n) is 3.37. The summed E-state index contributed by atoms with van der Waals surface area (Å²) < 4.78 is 27.9. The molecule has 0 heterocycles. The first-order chi connectivity index (χ1) is 14.3. The number of carbonyl (C=O) groups is 1. The summed E-state index contributed by atoms with van der Waals surface area (Å²) >= 11 is 6.13. The molecule has 0 bridgehead atoms. The number of hydrogen-bond donors (Lipinski definition) is 1. The van der Waals surface area contributed by atoms with Crippen molar-refractivity contribution < 1.29 is 13.2 Å². The van der Waals surface area contributed by atoms with Gasteiger partial charge in [0.2, 0.25) is 0 Å². The third kappa shape index (κ3) is 5.40. The Hall–Kier alpha value is -2.38. The molecule has 8 heteroatoms. The van der Waals surface area contributed by atoms with E-state index in [9.17, 15) is 13.2 Å². The van der Waals surface area contributed by atoms with Gasteiger partial charge in [0.05, 0.1) is 10.6 Å². The summed E-state index contributed by atoms with van der Waals surface area (Å²) in [5.41, 5.74) is 5.48. The van der Waals surface area contributed by atoms with Gasteiger partial charge in [0.15, 0.2) is 0 Å².